The van der Waals surface area contributed by atoms with Crippen LogP contribution in [0, 0.1) is 5.82 Å². The molecule has 2 aromatic carbocycles. The summed E-state index contributed by atoms with van der Waals surface area (Å²) in [5, 5.41) is 7.82. The maximum atomic E-state index is 12.8. The summed E-state index contributed by atoms with van der Waals surface area (Å²) in [4.78, 5) is 24.8. The number of carbonyl (C=O) groups excluding carboxylic acids is 1. The Hall–Kier alpha value is -3.09. The lowest BCUT2D eigenvalue weighted by Gasteiger charge is -2.06. The first-order chi connectivity index (χ1) is 10.1. The van der Waals surface area contributed by atoms with E-state index in [0.717, 1.165) is 16.9 Å². The number of nitrogens with zero attached hydrogens (tertiary/aromatic N) is 3. The third-order valence-corrected chi connectivity index (χ3v) is 2.88. The molecule has 0 aliphatic rings. The van der Waals surface area contributed by atoms with E-state index in [4.69, 9.17) is 0 Å². The number of rotatable bonds is 2. The van der Waals surface area contributed by atoms with Gasteiger partial charge in [-0.15, -0.1) is 9.89 Å². The molecule has 0 aliphatic heterocycles. The van der Waals surface area contributed by atoms with Crippen molar-refractivity contribution >= 4 is 16.8 Å². The maximum Gasteiger partial charge on any atom is 0.297 e. The molecule has 1 N–H and O–H groups in total. The zero-order chi connectivity index (χ0) is 14.8. The Morgan fingerprint density at radius 1 is 1.10 bits per heavy atom. The normalized spacial score (nSPS) is 10.5. The fraction of sp³-hybridized carbons (Fsp3) is 0. The lowest BCUT2D eigenvalue weighted by atomic mass is 10.2. The van der Waals surface area contributed by atoms with Gasteiger partial charge in [0.05, 0.1) is 5.39 Å². The van der Waals surface area contributed by atoms with E-state index in [2.05, 4.69) is 15.7 Å². The average Bonchev–Trinajstić information content (AvgIpc) is 2.51. The molecule has 7 heteroatoms. The second kappa shape index (κ2) is 5.12. The van der Waals surface area contributed by atoms with Crippen LogP contribution in [0.5, 0.6) is 0 Å². The molecule has 1 amide bonds. The van der Waals surface area contributed by atoms with Gasteiger partial charge in [0.15, 0.2) is 0 Å². The summed E-state index contributed by atoms with van der Waals surface area (Å²) in [7, 11) is 0. The highest BCUT2D eigenvalue weighted by atomic mass is 19.1. The van der Waals surface area contributed by atoms with Crippen LogP contribution in [0.1, 0.15) is 10.4 Å². The molecule has 0 spiro atoms. The molecular formula is C14H9FN4O2. The third kappa shape index (κ3) is 2.48. The molecule has 1 aromatic heterocycles. The first kappa shape index (κ1) is 12.9. The molecule has 0 radical (unpaired) electrons. The number of carbonyl (C=O) groups is 1. The van der Waals surface area contributed by atoms with Gasteiger partial charge in [-0.2, -0.15) is 0 Å². The van der Waals surface area contributed by atoms with Crippen LogP contribution in [0.4, 0.5) is 4.39 Å². The van der Waals surface area contributed by atoms with Crippen LogP contribution in [-0.4, -0.2) is 21.0 Å². The molecular weight excluding hydrogens is 275 g/mol. The Morgan fingerprint density at radius 3 is 2.57 bits per heavy atom. The summed E-state index contributed by atoms with van der Waals surface area (Å²) in [5.74, 6) is -1.03. The molecule has 0 aliphatic carbocycles. The molecule has 3 aromatic rings. The van der Waals surface area contributed by atoms with E-state index in [1.807, 2.05) is 0 Å². The molecule has 0 fully saturated rings. The Kier molecular flexibility index (Phi) is 3.15. The van der Waals surface area contributed by atoms with Crippen LogP contribution >= 0.6 is 0 Å². The summed E-state index contributed by atoms with van der Waals surface area (Å²) in [5.41, 5.74) is 2.46. The van der Waals surface area contributed by atoms with E-state index in [9.17, 15) is 14.0 Å². The Morgan fingerprint density at radius 2 is 1.81 bits per heavy atom. The fourth-order valence-corrected chi connectivity index (χ4v) is 1.82. The molecule has 6 nitrogen and oxygen atoms in total. The number of hydrogen-bond donors (Lipinski definition) is 1. The van der Waals surface area contributed by atoms with Crippen LogP contribution in [0.2, 0.25) is 0 Å². The van der Waals surface area contributed by atoms with Crippen LogP contribution in [0.25, 0.3) is 10.9 Å². The average molecular weight is 284 g/mol. The minimum atomic E-state index is -0.582. The largest absolute Gasteiger partial charge is 0.297 e. The van der Waals surface area contributed by atoms with Gasteiger partial charge in [0.25, 0.3) is 11.5 Å². The summed E-state index contributed by atoms with van der Waals surface area (Å²) in [6.45, 7) is 0. The van der Waals surface area contributed by atoms with Crippen LogP contribution in [0.15, 0.2) is 53.3 Å². The molecule has 1 heterocycles. The highest BCUT2D eigenvalue weighted by Gasteiger charge is 2.10. The van der Waals surface area contributed by atoms with Crippen molar-refractivity contribution in [3.8, 4) is 0 Å². The molecule has 21 heavy (non-hydrogen) atoms. The summed E-state index contributed by atoms with van der Waals surface area (Å²) in [6.07, 6.45) is 0. The molecule has 0 atom stereocenters. The van der Waals surface area contributed by atoms with E-state index in [-0.39, 0.29) is 5.56 Å². The predicted octanol–water partition coefficient (Wildman–Crippen LogP) is 1.31. The molecule has 3 rings (SSSR count). The van der Waals surface area contributed by atoms with Crippen molar-refractivity contribution in [2.24, 2.45) is 0 Å². The summed E-state index contributed by atoms with van der Waals surface area (Å²) in [6, 6.07) is 11.6. The van der Waals surface area contributed by atoms with Crippen molar-refractivity contribution in [2.75, 3.05) is 5.43 Å². The minimum Gasteiger partial charge on any atom is -0.267 e. The lowest BCUT2D eigenvalue weighted by molar-refractivity contribution is 0.100. The lowest BCUT2D eigenvalue weighted by Crippen LogP contribution is -2.35. The van der Waals surface area contributed by atoms with Gasteiger partial charge >= 0.3 is 0 Å². The molecule has 0 bridgehead atoms. The number of aromatic nitrogens is 3. The number of benzene rings is 2. The van der Waals surface area contributed by atoms with Crippen LogP contribution in [-0.2, 0) is 0 Å². The van der Waals surface area contributed by atoms with E-state index >= 15 is 0 Å². The highest BCUT2D eigenvalue weighted by Crippen LogP contribution is 2.04. The Labute approximate surface area is 117 Å². The van der Waals surface area contributed by atoms with Gasteiger partial charge in [0, 0.05) is 5.56 Å². The fourth-order valence-electron chi connectivity index (χ4n) is 1.82. The number of amides is 1. The van der Waals surface area contributed by atoms with Crippen molar-refractivity contribution in [2.45, 2.75) is 0 Å². The Balaban J connectivity index is 1.95. The van der Waals surface area contributed by atoms with Gasteiger partial charge in [-0.05, 0) is 41.6 Å². The number of fused-ring (bicyclic) bond motifs is 1. The van der Waals surface area contributed by atoms with Crippen molar-refractivity contribution in [1.29, 1.82) is 0 Å². The number of halogens is 1. The number of nitrogens with one attached hydrogen (secondary N) is 1. The molecule has 0 saturated heterocycles. The monoisotopic (exact) mass is 284 g/mol. The zero-order valence-corrected chi connectivity index (χ0v) is 10.7. The maximum absolute atomic E-state index is 12.8. The van der Waals surface area contributed by atoms with Gasteiger partial charge in [0.1, 0.15) is 11.3 Å². The SMILES string of the molecule is O=C(Nn1nnc2ccccc2c1=O)c1ccc(F)cc1. The van der Waals surface area contributed by atoms with E-state index in [0.29, 0.717) is 10.9 Å². The Bertz CT molecular complexity index is 874. The van der Waals surface area contributed by atoms with Gasteiger partial charge < -0.3 is 0 Å². The second-order valence-electron chi connectivity index (χ2n) is 4.27. The van der Waals surface area contributed by atoms with Crippen molar-refractivity contribution < 1.29 is 9.18 Å². The molecule has 104 valence electrons. The first-order valence-electron chi connectivity index (χ1n) is 6.07. The second-order valence-corrected chi connectivity index (χ2v) is 4.27. The van der Waals surface area contributed by atoms with Crippen molar-refractivity contribution in [1.82, 2.24) is 15.1 Å². The number of hydrogen-bond acceptors (Lipinski definition) is 4. The van der Waals surface area contributed by atoms with E-state index < -0.39 is 17.3 Å². The standard InChI is InChI=1S/C14H9FN4O2/c15-10-7-5-9(6-8-10)13(20)17-19-14(21)11-3-1-2-4-12(11)16-18-19/h1-8H,(H,17,20). The smallest absolute Gasteiger partial charge is 0.267 e. The predicted molar refractivity (Wildman–Crippen MR) is 73.9 cm³/mol. The summed E-state index contributed by atoms with van der Waals surface area (Å²) < 4.78 is 12.8. The molecule has 0 saturated carbocycles. The highest BCUT2D eigenvalue weighted by molar-refractivity contribution is 5.99. The minimum absolute atomic E-state index is 0.207. The van der Waals surface area contributed by atoms with E-state index in [1.54, 1.807) is 24.3 Å². The summed E-state index contributed by atoms with van der Waals surface area (Å²) >= 11 is 0. The third-order valence-electron chi connectivity index (χ3n) is 2.88. The van der Waals surface area contributed by atoms with Gasteiger partial charge in [-0.3, -0.25) is 9.59 Å². The van der Waals surface area contributed by atoms with E-state index in [1.165, 1.54) is 12.1 Å². The van der Waals surface area contributed by atoms with Gasteiger partial charge in [0.2, 0.25) is 0 Å². The van der Waals surface area contributed by atoms with Crippen LogP contribution < -0.4 is 11.0 Å². The van der Waals surface area contributed by atoms with Gasteiger partial charge in [-0.1, -0.05) is 12.1 Å². The topological polar surface area (TPSA) is 76.9 Å². The molecule has 0 unspecified atom stereocenters. The quantitative estimate of drug-likeness (QED) is 0.770. The van der Waals surface area contributed by atoms with Crippen molar-refractivity contribution in [3.05, 3.63) is 70.3 Å². The van der Waals surface area contributed by atoms with Crippen LogP contribution in [0.3, 0.4) is 0 Å². The van der Waals surface area contributed by atoms with Gasteiger partial charge in [-0.25, -0.2) is 9.82 Å². The first-order valence-corrected chi connectivity index (χ1v) is 6.07. The van der Waals surface area contributed by atoms with Crippen molar-refractivity contribution in [3.63, 3.8) is 0 Å². The zero-order valence-electron chi connectivity index (χ0n) is 10.7.